The zero-order chi connectivity index (χ0) is 35.9. The largest absolute Gasteiger partial charge is 0.310 e. The van der Waals surface area contributed by atoms with Crippen LogP contribution in [-0.2, 0) is 10.8 Å². The topological polar surface area (TPSA) is 3.24 Å². The Morgan fingerprint density at radius 3 is 1.74 bits per heavy atom. The fourth-order valence-corrected chi connectivity index (χ4v) is 9.47. The van der Waals surface area contributed by atoms with Crippen molar-refractivity contribution < 1.29 is 0 Å². The van der Waals surface area contributed by atoms with Crippen molar-refractivity contribution in [1.82, 2.24) is 0 Å². The number of benzene rings is 8. The van der Waals surface area contributed by atoms with Gasteiger partial charge in [0.2, 0.25) is 0 Å². The van der Waals surface area contributed by atoms with Crippen molar-refractivity contribution in [3.05, 3.63) is 198 Å². The number of anilines is 3. The summed E-state index contributed by atoms with van der Waals surface area (Å²) < 4.78 is 0. The van der Waals surface area contributed by atoms with Gasteiger partial charge in [-0.15, -0.1) is 0 Å². The Morgan fingerprint density at radius 2 is 0.962 bits per heavy atom. The van der Waals surface area contributed by atoms with Gasteiger partial charge in [0.25, 0.3) is 0 Å². The monoisotopic (exact) mass is 679 g/mol. The van der Waals surface area contributed by atoms with E-state index in [2.05, 4.69) is 209 Å². The molecular formula is C52H41N. The molecule has 0 N–H and O–H groups in total. The summed E-state index contributed by atoms with van der Waals surface area (Å²) in [4.78, 5) is 2.51. The van der Waals surface area contributed by atoms with E-state index in [0.717, 1.165) is 11.4 Å². The Hall–Kier alpha value is -6.18. The summed E-state index contributed by atoms with van der Waals surface area (Å²) in [7, 11) is 0. The molecule has 0 bridgehead atoms. The van der Waals surface area contributed by atoms with E-state index in [1.165, 1.54) is 83.2 Å². The first kappa shape index (κ1) is 31.5. The second-order valence-corrected chi connectivity index (χ2v) is 15.7. The van der Waals surface area contributed by atoms with Crippen LogP contribution in [-0.4, -0.2) is 0 Å². The Morgan fingerprint density at radius 1 is 0.377 bits per heavy atom. The smallest absolute Gasteiger partial charge is 0.0546 e. The molecule has 0 saturated carbocycles. The number of fused-ring (bicyclic) bond motifs is 5. The van der Waals surface area contributed by atoms with Crippen molar-refractivity contribution in [3.8, 4) is 44.5 Å². The molecule has 1 heteroatoms. The van der Waals surface area contributed by atoms with Crippen molar-refractivity contribution in [2.24, 2.45) is 0 Å². The number of rotatable bonds is 5. The molecule has 0 fully saturated rings. The fourth-order valence-electron chi connectivity index (χ4n) is 9.47. The van der Waals surface area contributed by atoms with Crippen LogP contribution in [0.3, 0.4) is 0 Å². The summed E-state index contributed by atoms with van der Waals surface area (Å²) in [5, 5.41) is 2.61. The maximum atomic E-state index is 2.51. The van der Waals surface area contributed by atoms with Gasteiger partial charge in [-0.2, -0.15) is 0 Å². The lowest BCUT2D eigenvalue weighted by molar-refractivity contribution is 0.647. The van der Waals surface area contributed by atoms with E-state index in [1.807, 2.05) is 0 Å². The second kappa shape index (κ2) is 11.7. The quantitative estimate of drug-likeness (QED) is 0.175. The van der Waals surface area contributed by atoms with Gasteiger partial charge in [0.1, 0.15) is 0 Å². The standard InChI is InChI=1S/C52H41N/c1-51(2)44-23-12-11-20-41(44)42-31-30-39(33-46(42)51)53(38-28-25-35(26-29-38)34-15-7-5-8-16-34)47-32-27-37-19-13-24-45-48(37)49(47)43-22-14-21-40(50(43)52(45,3)4)36-17-9-6-10-18-36/h5-33H,1-4H3. The molecule has 8 aromatic carbocycles. The molecule has 0 radical (unpaired) electrons. The van der Waals surface area contributed by atoms with Gasteiger partial charge >= 0.3 is 0 Å². The predicted molar refractivity (Wildman–Crippen MR) is 225 cm³/mol. The molecule has 0 unspecified atom stereocenters. The first-order chi connectivity index (χ1) is 25.8. The molecule has 2 aliphatic rings. The van der Waals surface area contributed by atoms with Gasteiger partial charge in [0.15, 0.2) is 0 Å². The van der Waals surface area contributed by atoms with Crippen molar-refractivity contribution in [2.45, 2.75) is 38.5 Å². The Bertz CT molecular complexity index is 2700. The molecule has 254 valence electrons. The molecule has 0 heterocycles. The highest BCUT2D eigenvalue weighted by atomic mass is 15.1. The van der Waals surface area contributed by atoms with Gasteiger partial charge in [-0.25, -0.2) is 0 Å². The highest BCUT2D eigenvalue weighted by molar-refractivity contribution is 6.11. The predicted octanol–water partition coefficient (Wildman–Crippen LogP) is 14.3. The van der Waals surface area contributed by atoms with Crippen molar-refractivity contribution >= 4 is 27.8 Å². The van der Waals surface area contributed by atoms with Gasteiger partial charge in [0.05, 0.1) is 5.69 Å². The second-order valence-electron chi connectivity index (χ2n) is 15.7. The molecular weight excluding hydrogens is 639 g/mol. The van der Waals surface area contributed by atoms with Gasteiger partial charge in [0, 0.05) is 27.8 Å². The van der Waals surface area contributed by atoms with Gasteiger partial charge in [-0.3, -0.25) is 0 Å². The van der Waals surface area contributed by atoms with E-state index < -0.39 is 0 Å². The third kappa shape index (κ3) is 4.70. The van der Waals surface area contributed by atoms with E-state index in [9.17, 15) is 0 Å². The number of nitrogens with zero attached hydrogens (tertiary/aromatic N) is 1. The summed E-state index contributed by atoms with van der Waals surface area (Å²) in [6.07, 6.45) is 0. The molecule has 10 rings (SSSR count). The third-order valence-electron chi connectivity index (χ3n) is 12.0. The Kier molecular flexibility index (Phi) is 6.94. The first-order valence-corrected chi connectivity index (χ1v) is 18.8. The van der Waals surface area contributed by atoms with Crippen LogP contribution >= 0.6 is 0 Å². The summed E-state index contributed by atoms with van der Waals surface area (Å²) in [6, 6.07) is 65.3. The summed E-state index contributed by atoms with van der Waals surface area (Å²) in [5.41, 5.74) is 18.9. The molecule has 0 aromatic heterocycles. The van der Waals surface area contributed by atoms with Crippen LogP contribution in [0.5, 0.6) is 0 Å². The molecule has 0 amide bonds. The van der Waals surface area contributed by atoms with E-state index in [1.54, 1.807) is 0 Å². The van der Waals surface area contributed by atoms with Gasteiger partial charge in [-0.05, 0) is 102 Å². The highest BCUT2D eigenvalue weighted by Gasteiger charge is 2.39. The van der Waals surface area contributed by atoms with E-state index in [0.29, 0.717) is 0 Å². The zero-order valence-electron chi connectivity index (χ0n) is 30.7. The minimum absolute atomic E-state index is 0.114. The zero-order valence-corrected chi connectivity index (χ0v) is 30.7. The average Bonchev–Trinajstić information content (AvgIpc) is 3.43. The molecule has 0 spiro atoms. The van der Waals surface area contributed by atoms with Crippen molar-refractivity contribution in [1.29, 1.82) is 0 Å². The lowest BCUT2D eigenvalue weighted by atomic mass is 9.66. The average molecular weight is 680 g/mol. The van der Waals surface area contributed by atoms with Crippen molar-refractivity contribution in [3.63, 3.8) is 0 Å². The molecule has 0 aliphatic heterocycles. The Balaban J connectivity index is 1.26. The molecule has 0 saturated heterocycles. The fraction of sp³-hybridized carbons (Fsp3) is 0.115. The molecule has 2 aliphatic carbocycles. The number of hydrogen-bond donors (Lipinski definition) is 0. The minimum atomic E-state index is -0.210. The SMILES string of the molecule is CC1(C)c2ccccc2-c2ccc(N(c3ccc(-c4ccccc4)cc3)c3ccc4cccc5c4c3-c3cccc(-c4ccccc4)c3C5(C)C)cc21. The van der Waals surface area contributed by atoms with Gasteiger partial charge in [-0.1, -0.05) is 173 Å². The molecule has 8 aromatic rings. The van der Waals surface area contributed by atoms with Crippen LogP contribution in [0.4, 0.5) is 17.1 Å². The van der Waals surface area contributed by atoms with E-state index in [-0.39, 0.29) is 10.8 Å². The number of hydrogen-bond acceptors (Lipinski definition) is 1. The van der Waals surface area contributed by atoms with Crippen molar-refractivity contribution in [2.75, 3.05) is 4.90 Å². The van der Waals surface area contributed by atoms with Gasteiger partial charge < -0.3 is 4.90 Å². The summed E-state index contributed by atoms with van der Waals surface area (Å²) in [5.74, 6) is 0. The third-order valence-corrected chi connectivity index (χ3v) is 12.0. The maximum Gasteiger partial charge on any atom is 0.0546 e. The molecule has 1 nitrogen and oxygen atoms in total. The van der Waals surface area contributed by atoms with Crippen LogP contribution in [0.1, 0.15) is 49.9 Å². The normalized spacial score (nSPS) is 14.3. The minimum Gasteiger partial charge on any atom is -0.310 e. The van der Waals surface area contributed by atoms with E-state index >= 15 is 0 Å². The highest BCUT2D eigenvalue weighted by Crippen LogP contribution is 2.57. The van der Waals surface area contributed by atoms with Crippen LogP contribution in [0, 0.1) is 0 Å². The van der Waals surface area contributed by atoms with Crippen LogP contribution in [0.2, 0.25) is 0 Å². The lowest BCUT2D eigenvalue weighted by Gasteiger charge is -2.39. The lowest BCUT2D eigenvalue weighted by Crippen LogP contribution is -2.25. The maximum absolute atomic E-state index is 2.51. The summed E-state index contributed by atoms with van der Waals surface area (Å²) in [6.45, 7) is 9.55. The van der Waals surface area contributed by atoms with Crippen LogP contribution < -0.4 is 4.90 Å². The van der Waals surface area contributed by atoms with Crippen LogP contribution in [0.25, 0.3) is 55.3 Å². The van der Waals surface area contributed by atoms with Crippen LogP contribution in [0.15, 0.2) is 176 Å². The Labute approximate surface area is 312 Å². The molecule has 53 heavy (non-hydrogen) atoms. The first-order valence-electron chi connectivity index (χ1n) is 18.8. The van der Waals surface area contributed by atoms with E-state index in [4.69, 9.17) is 0 Å². The summed E-state index contributed by atoms with van der Waals surface area (Å²) >= 11 is 0. The molecule has 0 atom stereocenters.